The average molecular weight is 285 g/mol. The van der Waals surface area contributed by atoms with E-state index in [9.17, 15) is 0 Å². The van der Waals surface area contributed by atoms with Crippen molar-refractivity contribution >= 4 is 22.6 Å². The number of hydrogen-bond donors (Lipinski definition) is 1. The van der Waals surface area contributed by atoms with Crippen molar-refractivity contribution in [1.82, 2.24) is 0 Å². The van der Waals surface area contributed by atoms with Crippen LogP contribution in [-0.2, 0) is 0 Å². The highest BCUT2D eigenvalue weighted by Gasteiger charge is 2.03. The third kappa shape index (κ3) is 3.37. The molecule has 1 aromatic rings. The number of hydrogen-bond acceptors (Lipinski definition) is 1. The van der Waals surface area contributed by atoms with Crippen molar-refractivity contribution in [2.75, 3.05) is 0 Å². The quantitative estimate of drug-likeness (QED) is 0.670. The molecule has 13 heavy (non-hydrogen) atoms. The molecule has 0 saturated heterocycles. The first-order valence-corrected chi connectivity index (χ1v) is 5.26. The van der Waals surface area contributed by atoms with Crippen molar-refractivity contribution in [3.05, 3.63) is 33.4 Å². The molecule has 1 aromatic carbocycles. The zero-order chi connectivity index (χ0) is 9.68. The third-order valence-electron chi connectivity index (χ3n) is 1.90. The van der Waals surface area contributed by atoms with E-state index >= 15 is 0 Å². The van der Waals surface area contributed by atoms with E-state index in [1.165, 1.54) is 3.57 Å². The zero-order valence-electron chi connectivity index (χ0n) is 7.33. The van der Waals surface area contributed by atoms with Gasteiger partial charge in [-0.3, -0.25) is 0 Å². The largest absolute Gasteiger partial charge is 0.324 e. The van der Waals surface area contributed by atoms with Crippen LogP contribution in [0, 0.1) is 15.9 Å². The lowest BCUT2D eigenvalue weighted by molar-refractivity contribution is 0.668. The molecule has 0 saturated carbocycles. The molecule has 0 aliphatic carbocycles. The SMILES string of the molecule is C#CCCC(N)c1ccc(I)cc1. The van der Waals surface area contributed by atoms with Gasteiger partial charge in [-0.2, -0.15) is 0 Å². The lowest BCUT2D eigenvalue weighted by atomic mass is 10.0. The van der Waals surface area contributed by atoms with Gasteiger partial charge in [0.2, 0.25) is 0 Å². The molecule has 0 bridgehead atoms. The summed E-state index contributed by atoms with van der Waals surface area (Å²) in [5.41, 5.74) is 7.10. The van der Waals surface area contributed by atoms with Crippen LogP contribution < -0.4 is 5.73 Å². The van der Waals surface area contributed by atoms with Crippen LogP contribution in [0.2, 0.25) is 0 Å². The van der Waals surface area contributed by atoms with Gasteiger partial charge in [0.05, 0.1) is 0 Å². The molecule has 1 nitrogen and oxygen atoms in total. The summed E-state index contributed by atoms with van der Waals surface area (Å²) in [5, 5.41) is 0. The number of terminal acetylenes is 1. The predicted octanol–water partition coefficient (Wildman–Crippen LogP) is 2.70. The summed E-state index contributed by atoms with van der Waals surface area (Å²) in [6, 6.07) is 8.32. The summed E-state index contributed by atoms with van der Waals surface area (Å²) in [4.78, 5) is 0. The monoisotopic (exact) mass is 285 g/mol. The minimum absolute atomic E-state index is 0.0769. The first-order chi connectivity index (χ1) is 6.24. The van der Waals surface area contributed by atoms with E-state index in [1.54, 1.807) is 0 Å². The van der Waals surface area contributed by atoms with Gasteiger partial charge in [0, 0.05) is 16.0 Å². The van der Waals surface area contributed by atoms with Gasteiger partial charge >= 0.3 is 0 Å². The molecule has 2 N–H and O–H groups in total. The zero-order valence-corrected chi connectivity index (χ0v) is 9.49. The minimum Gasteiger partial charge on any atom is -0.324 e. The van der Waals surface area contributed by atoms with Crippen LogP contribution in [0.1, 0.15) is 24.4 Å². The van der Waals surface area contributed by atoms with E-state index in [4.69, 9.17) is 12.2 Å². The summed E-state index contributed by atoms with van der Waals surface area (Å²) < 4.78 is 1.23. The van der Waals surface area contributed by atoms with Crippen molar-refractivity contribution < 1.29 is 0 Å². The summed E-state index contributed by atoms with van der Waals surface area (Å²) in [7, 11) is 0. The van der Waals surface area contributed by atoms with E-state index in [0.717, 1.165) is 18.4 Å². The fraction of sp³-hybridized carbons (Fsp3) is 0.273. The van der Waals surface area contributed by atoms with E-state index in [0.29, 0.717) is 0 Å². The maximum atomic E-state index is 5.93. The second-order valence-corrected chi connectivity index (χ2v) is 4.15. The number of nitrogens with two attached hydrogens (primary N) is 1. The fourth-order valence-corrected chi connectivity index (χ4v) is 1.48. The molecule has 1 unspecified atom stereocenters. The molecular formula is C11H12IN. The topological polar surface area (TPSA) is 26.0 Å². The van der Waals surface area contributed by atoms with Crippen LogP contribution in [0.25, 0.3) is 0 Å². The van der Waals surface area contributed by atoms with Crippen LogP contribution in [0.3, 0.4) is 0 Å². The molecule has 68 valence electrons. The molecule has 0 spiro atoms. The number of benzene rings is 1. The summed E-state index contributed by atoms with van der Waals surface area (Å²) in [5.74, 6) is 2.60. The molecule has 0 fully saturated rings. The molecule has 0 aliphatic heterocycles. The lowest BCUT2D eigenvalue weighted by Crippen LogP contribution is -2.09. The van der Waals surface area contributed by atoms with Crippen molar-refractivity contribution in [2.24, 2.45) is 5.73 Å². The highest BCUT2D eigenvalue weighted by molar-refractivity contribution is 14.1. The Labute approximate surface area is 92.9 Å². The Balaban J connectivity index is 2.62. The highest BCUT2D eigenvalue weighted by atomic mass is 127. The second-order valence-electron chi connectivity index (χ2n) is 2.90. The van der Waals surface area contributed by atoms with Crippen molar-refractivity contribution in [3.63, 3.8) is 0 Å². The molecule has 2 heteroatoms. The first kappa shape index (κ1) is 10.6. The van der Waals surface area contributed by atoms with Crippen LogP contribution in [-0.4, -0.2) is 0 Å². The average Bonchev–Trinajstić information content (AvgIpc) is 2.15. The molecule has 0 aromatic heterocycles. The van der Waals surface area contributed by atoms with Crippen LogP contribution in [0.15, 0.2) is 24.3 Å². The van der Waals surface area contributed by atoms with Gasteiger partial charge in [-0.25, -0.2) is 0 Å². The smallest absolute Gasteiger partial charge is 0.0303 e. The molecule has 1 atom stereocenters. The molecule has 0 radical (unpaired) electrons. The van der Waals surface area contributed by atoms with Crippen molar-refractivity contribution in [1.29, 1.82) is 0 Å². The van der Waals surface area contributed by atoms with Crippen LogP contribution >= 0.6 is 22.6 Å². The van der Waals surface area contributed by atoms with E-state index in [1.807, 2.05) is 0 Å². The minimum atomic E-state index is 0.0769. The lowest BCUT2D eigenvalue weighted by Gasteiger charge is -2.09. The molecule has 0 amide bonds. The molecule has 1 rings (SSSR count). The normalized spacial score (nSPS) is 12.1. The Kier molecular flexibility index (Phi) is 4.26. The third-order valence-corrected chi connectivity index (χ3v) is 2.62. The summed E-state index contributed by atoms with van der Waals surface area (Å²) in [6.07, 6.45) is 6.77. The van der Waals surface area contributed by atoms with Crippen molar-refractivity contribution in [3.8, 4) is 12.3 Å². The fourth-order valence-electron chi connectivity index (χ4n) is 1.12. The summed E-state index contributed by atoms with van der Waals surface area (Å²) in [6.45, 7) is 0. The Morgan fingerprint density at radius 2 is 2.00 bits per heavy atom. The Hall–Kier alpha value is -0.530. The standard InChI is InChI=1S/C11H12IN/c1-2-3-4-11(13)9-5-7-10(12)8-6-9/h1,5-8,11H,3-4,13H2. The number of rotatable bonds is 3. The van der Waals surface area contributed by atoms with E-state index in [2.05, 4.69) is 52.8 Å². The van der Waals surface area contributed by atoms with Crippen LogP contribution in [0.5, 0.6) is 0 Å². The Bertz CT molecular complexity index is 297. The van der Waals surface area contributed by atoms with E-state index < -0.39 is 0 Å². The van der Waals surface area contributed by atoms with Gasteiger partial charge in [0.25, 0.3) is 0 Å². The molecule has 0 heterocycles. The Morgan fingerprint density at radius 1 is 1.38 bits per heavy atom. The van der Waals surface area contributed by atoms with Gasteiger partial charge in [-0.05, 0) is 46.7 Å². The maximum absolute atomic E-state index is 5.93. The van der Waals surface area contributed by atoms with Gasteiger partial charge in [-0.15, -0.1) is 12.3 Å². The second kappa shape index (κ2) is 5.25. The number of halogens is 1. The van der Waals surface area contributed by atoms with Crippen LogP contribution in [0.4, 0.5) is 0 Å². The van der Waals surface area contributed by atoms with E-state index in [-0.39, 0.29) is 6.04 Å². The van der Waals surface area contributed by atoms with Gasteiger partial charge < -0.3 is 5.73 Å². The van der Waals surface area contributed by atoms with Gasteiger partial charge in [0.1, 0.15) is 0 Å². The summed E-state index contributed by atoms with van der Waals surface area (Å²) >= 11 is 2.28. The van der Waals surface area contributed by atoms with Crippen molar-refractivity contribution in [2.45, 2.75) is 18.9 Å². The molecular weight excluding hydrogens is 273 g/mol. The van der Waals surface area contributed by atoms with Gasteiger partial charge in [0.15, 0.2) is 0 Å². The maximum Gasteiger partial charge on any atom is 0.0303 e. The van der Waals surface area contributed by atoms with Gasteiger partial charge in [-0.1, -0.05) is 12.1 Å². The predicted molar refractivity (Wildman–Crippen MR) is 64.2 cm³/mol. The first-order valence-electron chi connectivity index (χ1n) is 4.18. The highest BCUT2D eigenvalue weighted by Crippen LogP contribution is 2.16. The Morgan fingerprint density at radius 3 is 2.54 bits per heavy atom. The molecule has 0 aliphatic rings.